The van der Waals surface area contributed by atoms with Crippen molar-refractivity contribution < 1.29 is 23.8 Å². The number of amides is 2. The lowest BCUT2D eigenvalue weighted by Gasteiger charge is -2.40. The van der Waals surface area contributed by atoms with Gasteiger partial charge in [-0.05, 0) is 56.2 Å². The first-order valence-corrected chi connectivity index (χ1v) is 12.0. The summed E-state index contributed by atoms with van der Waals surface area (Å²) in [5, 5.41) is 5.96. The van der Waals surface area contributed by atoms with E-state index in [-0.39, 0.29) is 23.5 Å². The van der Waals surface area contributed by atoms with E-state index < -0.39 is 0 Å². The Kier molecular flexibility index (Phi) is 9.76. The molecule has 0 unspecified atom stereocenters. The van der Waals surface area contributed by atoms with E-state index >= 15 is 0 Å². The number of nitrogens with one attached hydrogen (secondary N) is 2. The number of hydrogen-bond acceptors (Lipinski definition) is 5. The van der Waals surface area contributed by atoms with Crippen LogP contribution < -0.4 is 15.4 Å². The molecule has 184 valence electrons. The quantitative estimate of drug-likeness (QED) is 0.476. The van der Waals surface area contributed by atoms with Gasteiger partial charge in [0.05, 0.1) is 12.7 Å². The monoisotopic (exact) mass is 468 g/mol. The molecular formula is C27H36N2O5. The number of rotatable bonds is 11. The van der Waals surface area contributed by atoms with Crippen molar-refractivity contribution in [1.29, 1.82) is 0 Å². The molecule has 2 aromatic carbocycles. The third kappa shape index (κ3) is 6.97. The molecular weight excluding hydrogens is 432 g/mol. The number of carbonyl (C=O) groups is 2. The van der Waals surface area contributed by atoms with Gasteiger partial charge in [-0.1, -0.05) is 42.5 Å². The van der Waals surface area contributed by atoms with Gasteiger partial charge in [0.1, 0.15) is 11.9 Å². The molecule has 0 aromatic heterocycles. The Labute approximate surface area is 202 Å². The number of alkyl carbamates (subject to hydrolysis) is 1. The van der Waals surface area contributed by atoms with Crippen LogP contribution in [0.3, 0.4) is 0 Å². The number of methoxy groups -OCH3 is 2. The van der Waals surface area contributed by atoms with E-state index in [9.17, 15) is 9.59 Å². The Morgan fingerprint density at radius 2 is 1.65 bits per heavy atom. The van der Waals surface area contributed by atoms with E-state index in [2.05, 4.69) is 22.8 Å². The fourth-order valence-electron chi connectivity index (χ4n) is 4.55. The Bertz CT molecular complexity index is 910. The van der Waals surface area contributed by atoms with Crippen LogP contribution in [0.4, 0.5) is 4.79 Å². The highest BCUT2D eigenvalue weighted by molar-refractivity contribution is 5.96. The highest BCUT2D eigenvalue weighted by atomic mass is 16.6. The largest absolute Gasteiger partial charge is 0.496 e. The predicted molar refractivity (Wildman–Crippen MR) is 131 cm³/mol. The average molecular weight is 469 g/mol. The topological polar surface area (TPSA) is 85.9 Å². The summed E-state index contributed by atoms with van der Waals surface area (Å²) in [4.78, 5) is 25.1. The molecule has 0 heterocycles. The first kappa shape index (κ1) is 25.6. The van der Waals surface area contributed by atoms with E-state index in [1.807, 2.05) is 30.3 Å². The normalized spacial score (nSPS) is 19.8. The van der Waals surface area contributed by atoms with E-state index in [0.717, 1.165) is 38.5 Å². The van der Waals surface area contributed by atoms with Gasteiger partial charge in [-0.2, -0.15) is 0 Å². The third-order valence-corrected chi connectivity index (χ3v) is 6.53. The second kappa shape index (κ2) is 13.0. The van der Waals surface area contributed by atoms with E-state index in [0.29, 0.717) is 31.0 Å². The number of ether oxygens (including phenoxy) is 3. The van der Waals surface area contributed by atoms with Gasteiger partial charge in [-0.15, -0.1) is 0 Å². The molecule has 0 bridgehead atoms. The molecule has 0 aliphatic heterocycles. The lowest BCUT2D eigenvalue weighted by molar-refractivity contribution is 0.0563. The second-order valence-corrected chi connectivity index (χ2v) is 8.76. The minimum absolute atomic E-state index is 0.124. The Morgan fingerprint density at radius 3 is 2.35 bits per heavy atom. The Morgan fingerprint density at radius 1 is 0.941 bits per heavy atom. The van der Waals surface area contributed by atoms with Crippen molar-refractivity contribution in [1.82, 2.24) is 10.6 Å². The van der Waals surface area contributed by atoms with Crippen molar-refractivity contribution in [3.8, 4) is 5.75 Å². The Balaban J connectivity index is 1.59. The molecule has 1 aliphatic rings. The number of para-hydroxylation sites is 1. The number of benzene rings is 2. The molecule has 1 saturated carbocycles. The molecule has 2 aromatic rings. The summed E-state index contributed by atoms with van der Waals surface area (Å²) in [7, 11) is 3.23. The summed E-state index contributed by atoms with van der Waals surface area (Å²) in [5.41, 5.74) is 1.50. The molecule has 7 nitrogen and oxygen atoms in total. The molecule has 7 heteroatoms. The standard InChI is InChI=1S/C27H36N2O5/c1-32-19-9-8-18-28-26(31)34-22-14-16-27(17-15-22,21-10-4-3-5-11-21)20-29-25(30)23-12-6-7-13-24(23)33-2/h3-7,10-13,22H,8-9,14-20H2,1-2H3,(H,28,31)(H,29,30). The van der Waals surface area contributed by atoms with Gasteiger partial charge in [0.15, 0.2) is 0 Å². The van der Waals surface area contributed by atoms with Crippen molar-refractivity contribution in [3.05, 3.63) is 65.7 Å². The molecule has 0 radical (unpaired) electrons. The van der Waals surface area contributed by atoms with Gasteiger partial charge >= 0.3 is 6.09 Å². The van der Waals surface area contributed by atoms with Gasteiger partial charge in [0.2, 0.25) is 0 Å². The smallest absolute Gasteiger partial charge is 0.407 e. The van der Waals surface area contributed by atoms with Crippen LogP contribution in [-0.2, 0) is 14.9 Å². The summed E-state index contributed by atoms with van der Waals surface area (Å²) in [6.45, 7) is 1.78. The molecule has 3 rings (SSSR count). The van der Waals surface area contributed by atoms with Crippen LogP contribution in [0.5, 0.6) is 5.75 Å². The molecule has 1 aliphatic carbocycles. The molecule has 0 atom stereocenters. The molecule has 0 saturated heterocycles. The zero-order valence-electron chi connectivity index (χ0n) is 20.2. The van der Waals surface area contributed by atoms with Crippen LogP contribution in [0, 0.1) is 0 Å². The minimum Gasteiger partial charge on any atom is -0.496 e. The van der Waals surface area contributed by atoms with Crippen molar-refractivity contribution in [2.75, 3.05) is 33.9 Å². The number of hydrogen-bond donors (Lipinski definition) is 2. The third-order valence-electron chi connectivity index (χ3n) is 6.53. The second-order valence-electron chi connectivity index (χ2n) is 8.76. The van der Waals surface area contributed by atoms with Gasteiger partial charge in [-0.25, -0.2) is 4.79 Å². The fourth-order valence-corrected chi connectivity index (χ4v) is 4.55. The van der Waals surface area contributed by atoms with Gasteiger partial charge in [-0.3, -0.25) is 4.79 Å². The first-order chi connectivity index (χ1) is 16.6. The van der Waals surface area contributed by atoms with Crippen LogP contribution in [-0.4, -0.2) is 52.0 Å². The van der Waals surface area contributed by atoms with Crippen molar-refractivity contribution >= 4 is 12.0 Å². The zero-order valence-corrected chi connectivity index (χ0v) is 20.2. The van der Waals surface area contributed by atoms with Crippen molar-refractivity contribution in [3.63, 3.8) is 0 Å². The summed E-state index contributed by atoms with van der Waals surface area (Å²) in [5.74, 6) is 0.401. The van der Waals surface area contributed by atoms with Crippen LogP contribution in [0.1, 0.15) is 54.4 Å². The summed E-state index contributed by atoms with van der Waals surface area (Å²) < 4.78 is 16.0. The summed E-state index contributed by atoms with van der Waals surface area (Å²) in [6, 6.07) is 17.5. The number of unbranched alkanes of at least 4 members (excludes halogenated alkanes) is 1. The van der Waals surface area contributed by atoms with Gasteiger partial charge in [0, 0.05) is 32.2 Å². The highest BCUT2D eigenvalue weighted by Crippen LogP contribution is 2.40. The lowest BCUT2D eigenvalue weighted by atomic mass is 9.68. The van der Waals surface area contributed by atoms with Crippen molar-refractivity contribution in [2.24, 2.45) is 0 Å². The van der Waals surface area contributed by atoms with Crippen molar-refractivity contribution in [2.45, 2.75) is 50.0 Å². The molecule has 0 spiro atoms. The Hall–Kier alpha value is -3.06. The SMILES string of the molecule is COCCCCNC(=O)OC1CCC(CNC(=O)c2ccccc2OC)(c2ccccc2)CC1. The molecule has 2 N–H and O–H groups in total. The van der Waals surface area contributed by atoms with E-state index in [4.69, 9.17) is 14.2 Å². The molecule has 1 fully saturated rings. The lowest BCUT2D eigenvalue weighted by Crippen LogP contribution is -2.45. The maximum atomic E-state index is 12.9. The van der Waals surface area contributed by atoms with E-state index in [1.165, 1.54) is 5.56 Å². The maximum Gasteiger partial charge on any atom is 0.407 e. The molecule has 34 heavy (non-hydrogen) atoms. The van der Waals surface area contributed by atoms with E-state index in [1.54, 1.807) is 26.4 Å². The summed E-state index contributed by atoms with van der Waals surface area (Å²) in [6.07, 6.45) is 4.40. The minimum atomic E-state index is -0.362. The fraction of sp³-hybridized carbons (Fsp3) is 0.481. The molecule has 2 amide bonds. The first-order valence-electron chi connectivity index (χ1n) is 12.0. The maximum absolute atomic E-state index is 12.9. The van der Waals surface area contributed by atoms with Crippen LogP contribution >= 0.6 is 0 Å². The summed E-state index contributed by atoms with van der Waals surface area (Å²) >= 11 is 0. The predicted octanol–water partition coefficient (Wildman–Crippen LogP) is 4.46. The number of carbonyl (C=O) groups excluding carboxylic acids is 2. The zero-order chi connectivity index (χ0) is 24.2. The van der Waals surface area contributed by atoms with Gasteiger partial charge in [0.25, 0.3) is 5.91 Å². The average Bonchev–Trinajstić information content (AvgIpc) is 2.88. The van der Waals surface area contributed by atoms with Crippen LogP contribution in [0.15, 0.2) is 54.6 Å². The van der Waals surface area contributed by atoms with Gasteiger partial charge < -0.3 is 24.8 Å². The highest BCUT2D eigenvalue weighted by Gasteiger charge is 2.38. The van der Waals surface area contributed by atoms with Crippen LogP contribution in [0.25, 0.3) is 0 Å². The van der Waals surface area contributed by atoms with Crippen LogP contribution in [0.2, 0.25) is 0 Å².